The largest absolute Gasteiger partial charge is 0.490 e. The molecule has 10 heteroatoms. The first-order valence-corrected chi connectivity index (χ1v) is 10.5. The predicted octanol–water partition coefficient (Wildman–Crippen LogP) is 5.27. The number of hydrogen-bond acceptors (Lipinski definition) is 6. The number of nitrogens with zero attached hydrogens (tertiary/aromatic N) is 3. The minimum atomic E-state index is -4.57. The van der Waals surface area contributed by atoms with Gasteiger partial charge in [0.05, 0.1) is 11.1 Å². The van der Waals surface area contributed by atoms with Crippen LogP contribution in [-0.4, -0.2) is 33.3 Å². The number of aromatic nitrogens is 4. The first-order valence-electron chi connectivity index (χ1n) is 10.5. The van der Waals surface area contributed by atoms with E-state index in [1.54, 1.807) is 18.2 Å². The van der Waals surface area contributed by atoms with E-state index in [1.807, 2.05) is 24.3 Å². The highest BCUT2D eigenvalue weighted by Crippen LogP contribution is 2.38. The Labute approximate surface area is 191 Å². The molecule has 0 saturated heterocycles. The van der Waals surface area contributed by atoms with Gasteiger partial charge in [0.15, 0.2) is 11.6 Å². The van der Waals surface area contributed by atoms with Crippen LogP contribution in [0.5, 0.6) is 5.75 Å². The number of alkyl halides is 3. The SMILES string of the molecule is NCCOc1cccc2c(Nc3n[nH]c4ccccc34)nc(-c3ccccc3C(F)(F)F)nc12. The Hall–Kier alpha value is -4.18. The van der Waals surface area contributed by atoms with E-state index in [0.717, 1.165) is 17.0 Å². The number of nitrogens with two attached hydrogens (primary N) is 1. The number of anilines is 2. The molecule has 0 bridgehead atoms. The summed E-state index contributed by atoms with van der Waals surface area (Å²) in [5.74, 6) is 1.09. The number of H-pyrrole nitrogens is 1. The fourth-order valence-corrected chi connectivity index (χ4v) is 3.72. The van der Waals surface area contributed by atoms with Crippen LogP contribution in [0.3, 0.4) is 0 Å². The average Bonchev–Trinajstić information content (AvgIpc) is 3.25. The lowest BCUT2D eigenvalue weighted by Crippen LogP contribution is -2.11. The molecule has 2 heterocycles. The third-order valence-corrected chi connectivity index (χ3v) is 5.25. The molecule has 0 aliphatic carbocycles. The average molecular weight is 464 g/mol. The summed E-state index contributed by atoms with van der Waals surface area (Å²) in [4.78, 5) is 8.97. The summed E-state index contributed by atoms with van der Waals surface area (Å²) in [6.07, 6.45) is -4.57. The topological polar surface area (TPSA) is 102 Å². The smallest absolute Gasteiger partial charge is 0.417 e. The van der Waals surface area contributed by atoms with Crippen molar-refractivity contribution in [3.8, 4) is 17.1 Å². The normalized spacial score (nSPS) is 11.8. The number of fused-ring (bicyclic) bond motifs is 2. The maximum absolute atomic E-state index is 13.8. The molecule has 7 nitrogen and oxygen atoms in total. The zero-order valence-electron chi connectivity index (χ0n) is 17.7. The fraction of sp³-hybridized carbons (Fsp3) is 0.125. The fourth-order valence-electron chi connectivity index (χ4n) is 3.72. The number of benzene rings is 3. The first-order chi connectivity index (χ1) is 16.5. The molecule has 3 aromatic carbocycles. The van der Waals surface area contributed by atoms with E-state index in [9.17, 15) is 13.2 Å². The maximum atomic E-state index is 13.8. The van der Waals surface area contributed by atoms with Crippen LogP contribution in [0.15, 0.2) is 66.7 Å². The molecule has 0 amide bonds. The van der Waals surface area contributed by atoms with Crippen molar-refractivity contribution in [2.24, 2.45) is 5.73 Å². The zero-order valence-corrected chi connectivity index (χ0v) is 17.7. The van der Waals surface area contributed by atoms with Crippen LogP contribution in [0.25, 0.3) is 33.2 Å². The van der Waals surface area contributed by atoms with Gasteiger partial charge >= 0.3 is 6.18 Å². The van der Waals surface area contributed by atoms with E-state index in [2.05, 4.69) is 25.5 Å². The molecule has 0 spiro atoms. The lowest BCUT2D eigenvalue weighted by molar-refractivity contribution is -0.137. The van der Waals surface area contributed by atoms with Crippen molar-refractivity contribution >= 4 is 33.4 Å². The van der Waals surface area contributed by atoms with Gasteiger partial charge in [-0.2, -0.15) is 18.3 Å². The summed E-state index contributed by atoms with van der Waals surface area (Å²) in [7, 11) is 0. The highest BCUT2D eigenvalue weighted by Gasteiger charge is 2.34. The van der Waals surface area contributed by atoms with Crippen molar-refractivity contribution in [3.63, 3.8) is 0 Å². The summed E-state index contributed by atoms with van der Waals surface area (Å²) in [6, 6.07) is 17.9. The predicted molar refractivity (Wildman–Crippen MR) is 124 cm³/mol. The third kappa shape index (κ3) is 3.99. The Morgan fingerprint density at radius 1 is 0.882 bits per heavy atom. The van der Waals surface area contributed by atoms with Crippen molar-refractivity contribution < 1.29 is 17.9 Å². The van der Waals surface area contributed by atoms with Crippen LogP contribution in [0.2, 0.25) is 0 Å². The Kier molecular flexibility index (Phi) is 5.50. The number of para-hydroxylation sites is 2. The molecule has 4 N–H and O–H groups in total. The van der Waals surface area contributed by atoms with Gasteiger partial charge in [-0.1, -0.05) is 36.4 Å². The molecular weight excluding hydrogens is 445 g/mol. The monoisotopic (exact) mass is 464 g/mol. The van der Waals surface area contributed by atoms with E-state index in [4.69, 9.17) is 10.5 Å². The van der Waals surface area contributed by atoms with E-state index >= 15 is 0 Å². The van der Waals surface area contributed by atoms with E-state index in [-0.39, 0.29) is 24.5 Å². The number of hydrogen-bond donors (Lipinski definition) is 3. The van der Waals surface area contributed by atoms with Gasteiger partial charge in [0, 0.05) is 22.9 Å². The van der Waals surface area contributed by atoms with Gasteiger partial charge in [0.1, 0.15) is 23.7 Å². The Bertz CT molecular complexity index is 1480. The summed E-state index contributed by atoms with van der Waals surface area (Å²) < 4.78 is 47.0. The molecular formula is C24H19F3N6O. The summed E-state index contributed by atoms with van der Waals surface area (Å²) in [5.41, 5.74) is 5.77. The summed E-state index contributed by atoms with van der Waals surface area (Å²) >= 11 is 0. The van der Waals surface area contributed by atoms with Crippen molar-refractivity contribution in [2.75, 3.05) is 18.5 Å². The minimum absolute atomic E-state index is 0.0911. The second kappa shape index (κ2) is 8.64. The number of aromatic amines is 1. The van der Waals surface area contributed by atoms with Gasteiger partial charge in [-0.3, -0.25) is 5.10 Å². The number of ether oxygens (including phenoxy) is 1. The second-order valence-corrected chi connectivity index (χ2v) is 7.47. The van der Waals surface area contributed by atoms with Gasteiger partial charge in [0.25, 0.3) is 0 Å². The second-order valence-electron chi connectivity index (χ2n) is 7.47. The van der Waals surface area contributed by atoms with Crippen molar-refractivity contribution in [2.45, 2.75) is 6.18 Å². The molecule has 2 aromatic heterocycles. The summed E-state index contributed by atoms with van der Waals surface area (Å²) in [5, 5.41) is 11.8. The Morgan fingerprint density at radius 3 is 2.47 bits per heavy atom. The van der Waals surface area contributed by atoms with Gasteiger partial charge in [-0.05, 0) is 30.3 Å². The molecule has 0 radical (unpaired) electrons. The molecule has 34 heavy (non-hydrogen) atoms. The van der Waals surface area contributed by atoms with Crippen LogP contribution >= 0.6 is 0 Å². The highest BCUT2D eigenvalue weighted by molar-refractivity contribution is 5.98. The van der Waals surface area contributed by atoms with Crippen molar-refractivity contribution in [1.29, 1.82) is 0 Å². The molecule has 5 rings (SSSR count). The van der Waals surface area contributed by atoms with Crippen LogP contribution in [0.1, 0.15) is 5.56 Å². The molecule has 0 atom stereocenters. The van der Waals surface area contributed by atoms with E-state index in [1.165, 1.54) is 18.2 Å². The van der Waals surface area contributed by atoms with Gasteiger partial charge < -0.3 is 15.8 Å². The van der Waals surface area contributed by atoms with Gasteiger partial charge in [0.2, 0.25) is 0 Å². The standard InChI is InChI=1S/C24H19F3N6O/c25-24(26,27)17-9-3-1-6-14(17)21-29-20-16(8-5-11-19(20)34-13-12-28)22(30-21)31-23-15-7-2-4-10-18(15)32-33-23/h1-11H,12-13,28H2,(H2,29,30,31,32,33). The first kappa shape index (κ1) is 21.7. The number of halogens is 3. The van der Waals surface area contributed by atoms with Crippen LogP contribution < -0.4 is 15.8 Å². The van der Waals surface area contributed by atoms with Gasteiger partial charge in [-0.15, -0.1) is 0 Å². The van der Waals surface area contributed by atoms with E-state index < -0.39 is 11.7 Å². The Balaban J connectivity index is 1.73. The number of rotatable bonds is 6. The van der Waals surface area contributed by atoms with Crippen molar-refractivity contribution in [3.05, 3.63) is 72.3 Å². The van der Waals surface area contributed by atoms with Gasteiger partial charge in [-0.25, -0.2) is 9.97 Å². The third-order valence-electron chi connectivity index (χ3n) is 5.25. The number of nitrogens with one attached hydrogen (secondary N) is 2. The molecule has 0 aliphatic rings. The maximum Gasteiger partial charge on any atom is 0.417 e. The zero-order chi connectivity index (χ0) is 23.7. The van der Waals surface area contributed by atoms with Crippen LogP contribution in [-0.2, 0) is 6.18 Å². The molecule has 0 saturated carbocycles. The lowest BCUT2D eigenvalue weighted by atomic mass is 10.1. The van der Waals surface area contributed by atoms with Crippen LogP contribution in [0.4, 0.5) is 24.8 Å². The molecule has 0 aliphatic heterocycles. The van der Waals surface area contributed by atoms with E-state index in [0.29, 0.717) is 28.3 Å². The quantitative estimate of drug-likeness (QED) is 0.316. The van der Waals surface area contributed by atoms with Crippen LogP contribution in [0, 0.1) is 0 Å². The molecule has 0 unspecified atom stereocenters. The molecule has 0 fully saturated rings. The summed E-state index contributed by atoms with van der Waals surface area (Å²) in [6.45, 7) is 0.500. The molecule has 5 aromatic rings. The Morgan fingerprint density at radius 2 is 1.65 bits per heavy atom. The minimum Gasteiger partial charge on any atom is -0.490 e. The molecule has 172 valence electrons. The highest BCUT2D eigenvalue weighted by atomic mass is 19.4. The lowest BCUT2D eigenvalue weighted by Gasteiger charge is -2.15. The van der Waals surface area contributed by atoms with Crippen molar-refractivity contribution in [1.82, 2.24) is 20.2 Å².